The second-order valence-corrected chi connectivity index (χ2v) is 3.72. The molecule has 5 heteroatoms. The first-order valence-corrected chi connectivity index (χ1v) is 4.83. The van der Waals surface area contributed by atoms with Gasteiger partial charge in [-0.1, -0.05) is 6.92 Å². The lowest BCUT2D eigenvalue weighted by molar-refractivity contribution is 0.728. The quantitative estimate of drug-likeness (QED) is 0.701. The van der Waals surface area contributed by atoms with E-state index in [0.29, 0.717) is 0 Å². The van der Waals surface area contributed by atoms with Crippen LogP contribution in [0.1, 0.15) is 6.92 Å². The number of nitrogens with two attached hydrogens (primary N) is 1. The molecule has 0 saturated heterocycles. The van der Waals surface area contributed by atoms with E-state index in [9.17, 15) is 0 Å². The van der Waals surface area contributed by atoms with Gasteiger partial charge in [0.05, 0.1) is 6.54 Å². The summed E-state index contributed by atoms with van der Waals surface area (Å²) in [7, 11) is 0. The van der Waals surface area contributed by atoms with Gasteiger partial charge in [-0.05, 0) is 5.75 Å². The molecule has 0 spiro atoms. The minimum atomic E-state index is 0.718. The Bertz CT molecular complexity index is 328. The van der Waals surface area contributed by atoms with Crippen molar-refractivity contribution < 1.29 is 0 Å². The van der Waals surface area contributed by atoms with Crippen LogP contribution in [0.3, 0.4) is 0 Å². The highest BCUT2D eigenvalue weighted by atomic mass is 32.2. The van der Waals surface area contributed by atoms with E-state index >= 15 is 0 Å². The zero-order chi connectivity index (χ0) is 8.55. The van der Waals surface area contributed by atoms with Crippen LogP contribution in [0.25, 0.3) is 0 Å². The number of aliphatic imine (C=N–C) groups is 1. The molecule has 0 unspecified atom stereocenters. The molecule has 0 fully saturated rings. The Morgan fingerprint density at radius 2 is 2.58 bits per heavy atom. The largest absolute Gasteiger partial charge is 0.393 e. The van der Waals surface area contributed by atoms with E-state index in [1.54, 1.807) is 11.8 Å². The predicted octanol–water partition coefficient (Wildman–Crippen LogP) is 1.29. The summed E-state index contributed by atoms with van der Waals surface area (Å²) in [5, 5.41) is 5.22. The lowest BCUT2D eigenvalue weighted by Crippen LogP contribution is -1.94. The SMILES string of the molecule is CCSc1nn2c(c1N)N=CC2. The van der Waals surface area contributed by atoms with Gasteiger partial charge in [0.25, 0.3) is 0 Å². The maximum atomic E-state index is 5.82. The van der Waals surface area contributed by atoms with E-state index in [4.69, 9.17) is 5.73 Å². The van der Waals surface area contributed by atoms with Crippen LogP contribution >= 0.6 is 11.8 Å². The van der Waals surface area contributed by atoms with E-state index in [2.05, 4.69) is 17.0 Å². The summed E-state index contributed by atoms with van der Waals surface area (Å²) >= 11 is 1.66. The van der Waals surface area contributed by atoms with E-state index in [1.165, 1.54) is 0 Å². The van der Waals surface area contributed by atoms with Gasteiger partial charge in [0.1, 0.15) is 10.7 Å². The normalized spacial score (nSPS) is 13.8. The van der Waals surface area contributed by atoms with Gasteiger partial charge >= 0.3 is 0 Å². The maximum absolute atomic E-state index is 5.82. The van der Waals surface area contributed by atoms with Crippen molar-refractivity contribution in [2.45, 2.75) is 18.5 Å². The van der Waals surface area contributed by atoms with Gasteiger partial charge in [-0.15, -0.1) is 11.8 Å². The lowest BCUT2D eigenvalue weighted by Gasteiger charge is -1.92. The molecule has 0 radical (unpaired) electrons. The Balaban J connectivity index is 2.40. The van der Waals surface area contributed by atoms with Crippen molar-refractivity contribution >= 4 is 29.5 Å². The summed E-state index contributed by atoms with van der Waals surface area (Å²) in [5.41, 5.74) is 6.54. The molecule has 1 aliphatic rings. The Morgan fingerprint density at radius 1 is 1.75 bits per heavy atom. The average molecular weight is 182 g/mol. The van der Waals surface area contributed by atoms with Gasteiger partial charge in [0.15, 0.2) is 5.82 Å². The van der Waals surface area contributed by atoms with E-state index < -0.39 is 0 Å². The van der Waals surface area contributed by atoms with Crippen LogP contribution in [-0.4, -0.2) is 21.7 Å². The minimum absolute atomic E-state index is 0.718. The number of hydrogen-bond acceptors (Lipinski definition) is 4. The Hall–Kier alpha value is -0.970. The molecule has 0 bridgehead atoms. The van der Waals surface area contributed by atoms with Gasteiger partial charge in [-0.25, -0.2) is 9.67 Å². The number of thioether (sulfide) groups is 1. The number of aromatic nitrogens is 2. The summed E-state index contributed by atoms with van der Waals surface area (Å²) < 4.78 is 1.83. The van der Waals surface area contributed by atoms with Crippen LogP contribution in [0.15, 0.2) is 10.0 Å². The van der Waals surface area contributed by atoms with Crippen molar-refractivity contribution in [3.8, 4) is 0 Å². The highest BCUT2D eigenvalue weighted by Gasteiger charge is 2.16. The molecule has 0 aliphatic carbocycles. The monoisotopic (exact) mass is 182 g/mol. The maximum Gasteiger partial charge on any atom is 0.175 e. The minimum Gasteiger partial charge on any atom is -0.393 e. The Labute approximate surface area is 74.9 Å². The zero-order valence-corrected chi connectivity index (χ0v) is 7.64. The smallest absolute Gasteiger partial charge is 0.175 e. The number of nitrogens with zero attached hydrogens (tertiary/aromatic N) is 3. The molecule has 2 rings (SSSR count). The molecule has 12 heavy (non-hydrogen) atoms. The molecule has 1 aromatic rings. The van der Waals surface area contributed by atoms with Crippen molar-refractivity contribution in [2.24, 2.45) is 4.99 Å². The standard InChI is InChI=1S/C7H10N4S/c1-2-12-7-5(8)6-9-3-4-11(6)10-7/h3H,2,4,8H2,1H3. The van der Waals surface area contributed by atoms with Gasteiger partial charge in [-0.3, -0.25) is 0 Å². The molecular weight excluding hydrogens is 172 g/mol. The molecule has 4 nitrogen and oxygen atoms in total. The highest BCUT2D eigenvalue weighted by Crippen LogP contribution is 2.33. The first kappa shape index (κ1) is 7.67. The summed E-state index contributed by atoms with van der Waals surface area (Å²) in [6.45, 7) is 2.83. The number of anilines is 1. The molecule has 0 amide bonds. The average Bonchev–Trinajstić information content (AvgIpc) is 2.58. The number of nitrogen functional groups attached to an aromatic ring is 1. The van der Waals surface area contributed by atoms with Crippen molar-refractivity contribution in [2.75, 3.05) is 11.5 Å². The first-order valence-electron chi connectivity index (χ1n) is 3.84. The summed E-state index contributed by atoms with van der Waals surface area (Å²) in [5.74, 6) is 1.80. The van der Waals surface area contributed by atoms with Crippen molar-refractivity contribution in [1.29, 1.82) is 0 Å². The summed E-state index contributed by atoms with van der Waals surface area (Å²) in [6.07, 6.45) is 1.82. The summed E-state index contributed by atoms with van der Waals surface area (Å²) in [6, 6.07) is 0. The number of hydrogen-bond donors (Lipinski definition) is 1. The molecule has 1 aromatic heterocycles. The van der Waals surface area contributed by atoms with Crippen molar-refractivity contribution in [3.05, 3.63) is 0 Å². The van der Waals surface area contributed by atoms with Crippen LogP contribution in [0.2, 0.25) is 0 Å². The topological polar surface area (TPSA) is 56.2 Å². The van der Waals surface area contributed by atoms with Gasteiger partial charge in [-0.2, -0.15) is 5.10 Å². The number of rotatable bonds is 2. The molecule has 0 saturated carbocycles. The van der Waals surface area contributed by atoms with E-state index in [-0.39, 0.29) is 0 Å². The second kappa shape index (κ2) is 2.82. The fourth-order valence-corrected chi connectivity index (χ4v) is 1.83. The molecule has 2 N–H and O–H groups in total. The van der Waals surface area contributed by atoms with Crippen molar-refractivity contribution in [1.82, 2.24) is 9.78 Å². The van der Waals surface area contributed by atoms with E-state index in [0.717, 1.165) is 28.8 Å². The van der Waals surface area contributed by atoms with Crippen LogP contribution in [0, 0.1) is 0 Å². The fraction of sp³-hybridized carbons (Fsp3) is 0.429. The molecule has 2 heterocycles. The van der Waals surface area contributed by atoms with Crippen LogP contribution in [-0.2, 0) is 6.54 Å². The second-order valence-electron chi connectivity index (χ2n) is 2.47. The van der Waals surface area contributed by atoms with Crippen LogP contribution in [0.4, 0.5) is 11.5 Å². The number of fused-ring (bicyclic) bond motifs is 1. The van der Waals surface area contributed by atoms with Gasteiger partial charge in [0.2, 0.25) is 0 Å². The fourth-order valence-electron chi connectivity index (χ4n) is 1.16. The lowest BCUT2D eigenvalue weighted by atomic mass is 10.5. The molecular formula is C7H10N4S. The molecule has 1 aliphatic heterocycles. The third kappa shape index (κ3) is 1.01. The van der Waals surface area contributed by atoms with Gasteiger partial charge in [0, 0.05) is 6.21 Å². The molecule has 64 valence electrons. The highest BCUT2D eigenvalue weighted by molar-refractivity contribution is 7.99. The van der Waals surface area contributed by atoms with Crippen LogP contribution in [0.5, 0.6) is 0 Å². The predicted molar refractivity (Wildman–Crippen MR) is 51.2 cm³/mol. The summed E-state index contributed by atoms with van der Waals surface area (Å²) in [4.78, 5) is 4.14. The van der Waals surface area contributed by atoms with E-state index in [1.807, 2.05) is 10.9 Å². The molecule has 0 aromatic carbocycles. The first-order chi connectivity index (χ1) is 5.83. The van der Waals surface area contributed by atoms with Crippen LogP contribution < -0.4 is 5.73 Å². The zero-order valence-electron chi connectivity index (χ0n) is 6.82. The third-order valence-electron chi connectivity index (χ3n) is 1.68. The Morgan fingerprint density at radius 3 is 3.25 bits per heavy atom. The molecule has 0 atom stereocenters. The Kier molecular flexibility index (Phi) is 1.80. The van der Waals surface area contributed by atoms with Gasteiger partial charge < -0.3 is 5.73 Å². The third-order valence-corrected chi connectivity index (χ3v) is 2.54. The van der Waals surface area contributed by atoms with Crippen molar-refractivity contribution in [3.63, 3.8) is 0 Å².